The van der Waals surface area contributed by atoms with Crippen molar-refractivity contribution in [3.05, 3.63) is 0 Å². The minimum absolute atomic E-state index is 0.0523. The largest absolute Gasteiger partial charge is 0.389 e. The van der Waals surface area contributed by atoms with Crippen LogP contribution in [0.2, 0.25) is 0 Å². The van der Waals surface area contributed by atoms with Crippen molar-refractivity contribution < 1.29 is 18.3 Å². The summed E-state index contributed by atoms with van der Waals surface area (Å²) in [4.78, 5) is 10.7. The standard InChI is InChI=1S/C7H13NO4S/c9-4-7(10)3-8-6-1-2-13(11,12)5-6/h6,8-9H,1-5H2/t6-/m1/s1. The summed E-state index contributed by atoms with van der Waals surface area (Å²) in [5, 5.41) is 11.2. The predicted molar refractivity (Wildman–Crippen MR) is 47.2 cm³/mol. The smallest absolute Gasteiger partial charge is 0.171 e. The minimum atomic E-state index is -2.89. The number of ketones is 1. The van der Waals surface area contributed by atoms with Crippen LogP contribution in [0.5, 0.6) is 0 Å². The lowest BCUT2D eigenvalue weighted by atomic mass is 10.2. The normalized spacial score (nSPS) is 26.1. The molecule has 76 valence electrons. The van der Waals surface area contributed by atoms with Crippen molar-refractivity contribution in [2.24, 2.45) is 0 Å². The molecule has 0 amide bonds. The molecule has 0 aromatic heterocycles. The van der Waals surface area contributed by atoms with Crippen molar-refractivity contribution in [2.45, 2.75) is 12.5 Å². The molecule has 1 atom stereocenters. The van der Waals surface area contributed by atoms with Crippen LogP contribution >= 0.6 is 0 Å². The second kappa shape index (κ2) is 4.17. The quantitative estimate of drug-likeness (QED) is 0.575. The maximum Gasteiger partial charge on any atom is 0.171 e. The van der Waals surface area contributed by atoms with E-state index in [0.717, 1.165) is 0 Å². The minimum Gasteiger partial charge on any atom is -0.389 e. The third kappa shape index (κ3) is 3.41. The molecule has 1 heterocycles. The van der Waals surface area contributed by atoms with E-state index >= 15 is 0 Å². The Morgan fingerprint density at radius 3 is 2.69 bits per heavy atom. The highest BCUT2D eigenvalue weighted by Crippen LogP contribution is 2.10. The number of sulfone groups is 1. The molecule has 1 aliphatic heterocycles. The van der Waals surface area contributed by atoms with Crippen molar-refractivity contribution in [1.29, 1.82) is 0 Å². The highest BCUT2D eigenvalue weighted by molar-refractivity contribution is 7.91. The number of aliphatic hydroxyl groups is 1. The number of aliphatic hydroxyl groups excluding tert-OH is 1. The molecule has 2 N–H and O–H groups in total. The van der Waals surface area contributed by atoms with E-state index in [2.05, 4.69) is 5.32 Å². The van der Waals surface area contributed by atoms with Crippen LogP contribution in [0.25, 0.3) is 0 Å². The molecule has 0 saturated carbocycles. The molecule has 5 nitrogen and oxygen atoms in total. The topological polar surface area (TPSA) is 83.5 Å². The van der Waals surface area contributed by atoms with Crippen LogP contribution in [-0.4, -0.2) is 50.0 Å². The zero-order chi connectivity index (χ0) is 9.90. The van der Waals surface area contributed by atoms with Crippen LogP contribution in [0.15, 0.2) is 0 Å². The third-order valence-electron chi connectivity index (χ3n) is 2.00. The van der Waals surface area contributed by atoms with Crippen LogP contribution in [0, 0.1) is 0 Å². The van der Waals surface area contributed by atoms with Gasteiger partial charge < -0.3 is 10.4 Å². The fraction of sp³-hybridized carbons (Fsp3) is 0.857. The molecular formula is C7H13NO4S. The lowest BCUT2D eigenvalue weighted by Crippen LogP contribution is -2.35. The Labute approximate surface area is 77.1 Å². The molecule has 0 aromatic carbocycles. The molecule has 0 spiro atoms. The molecule has 1 rings (SSSR count). The molecular weight excluding hydrogens is 194 g/mol. The second-order valence-corrected chi connectivity index (χ2v) is 5.41. The monoisotopic (exact) mass is 207 g/mol. The molecule has 13 heavy (non-hydrogen) atoms. The van der Waals surface area contributed by atoms with Crippen molar-refractivity contribution in [1.82, 2.24) is 5.32 Å². The van der Waals surface area contributed by atoms with Crippen molar-refractivity contribution in [3.8, 4) is 0 Å². The van der Waals surface area contributed by atoms with Gasteiger partial charge in [-0.2, -0.15) is 0 Å². The van der Waals surface area contributed by atoms with Crippen LogP contribution in [0.4, 0.5) is 0 Å². The molecule has 1 fully saturated rings. The summed E-state index contributed by atoms with van der Waals surface area (Å²) in [6.45, 7) is -0.441. The fourth-order valence-electron chi connectivity index (χ4n) is 1.27. The Balaban J connectivity index is 2.29. The zero-order valence-electron chi connectivity index (χ0n) is 7.19. The number of hydrogen-bond acceptors (Lipinski definition) is 5. The summed E-state index contributed by atoms with van der Waals surface area (Å²) < 4.78 is 22.0. The molecule has 0 unspecified atom stereocenters. The number of carbonyl (C=O) groups excluding carboxylic acids is 1. The van der Waals surface area contributed by atoms with Gasteiger partial charge in [0.05, 0.1) is 18.1 Å². The number of Topliss-reactive ketones (excluding diaryl/α,β-unsaturated/α-hetero) is 1. The van der Waals surface area contributed by atoms with Gasteiger partial charge in [-0.3, -0.25) is 4.79 Å². The van der Waals surface area contributed by atoms with Crippen molar-refractivity contribution >= 4 is 15.6 Å². The summed E-state index contributed by atoms with van der Waals surface area (Å²) >= 11 is 0. The summed E-state index contributed by atoms with van der Waals surface area (Å²) in [5.41, 5.74) is 0. The van der Waals surface area contributed by atoms with Crippen molar-refractivity contribution in [2.75, 3.05) is 24.7 Å². The van der Waals surface area contributed by atoms with Gasteiger partial charge in [0, 0.05) is 6.04 Å². The highest BCUT2D eigenvalue weighted by atomic mass is 32.2. The number of rotatable bonds is 4. The summed E-state index contributed by atoms with van der Waals surface area (Å²) in [7, 11) is -2.89. The maximum absolute atomic E-state index is 11.0. The Morgan fingerprint density at radius 1 is 1.54 bits per heavy atom. The van der Waals surface area contributed by atoms with Gasteiger partial charge in [0.1, 0.15) is 6.61 Å². The molecule has 0 bridgehead atoms. The van der Waals surface area contributed by atoms with E-state index in [-0.39, 0.29) is 29.9 Å². The molecule has 1 saturated heterocycles. The van der Waals surface area contributed by atoms with Crippen LogP contribution in [0.3, 0.4) is 0 Å². The second-order valence-electron chi connectivity index (χ2n) is 3.18. The Bertz CT molecular complexity index is 285. The summed E-state index contributed by atoms with van der Waals surface area (Å²) in [6.07, 6.45) is 0.557. The van der Waals surface area contributed by atoms with Gasteiger partial charge in [0.2, 0.25) is 0 Å². The first-order chi connectivity index (χ1) is 6.03. The Hall–Kier alpha value is -0.460. The number of nitrogens with one attached hydrogen (secondary N) is 1. The Kier molecular flexibility index (Phi) is 3.40. The SMILES string of the molecule is O=C(CO)CN[C@@H]1CCS(=O)(=O)C1. The van der Waals surface area contributed by atoms with Gasteiger partial charge in [-0.25, -0.2) is 8.42 Å². The fourth-order valence-corrected chi connectivity index (χ4v) is 2.98. The van der Waals surface area contributed by atoms with Crippen LogP contribution < -0.4 is 5.32 Å². The van der Waals surface area contributed by atoms with E-state index in [1.54, 1.807) is 0 Å². The zero-order valence-corrected chi connectivity index (χ0v) is 8.01. The average molecular weight is 207 g/mol. The average Bonchev–Trinajstić information content (AvgIpc) is 2.41. The first-order valence-corrected chi connectivity index (χ1v) is 5.92. The number of hydrogen-bond donors (Lipinski definition) is 2. The van der Waals surface area contributed by atoms with E-state index in [9.17, 15) is 13.2 Å². The molecule has 0 aromatic rings. The summed E-state index contributed by atoms with van der Waals surface area (Å²) in [5.74, 6) is -0.0201. The third-order valence-corrected chi connectivity index (χ3v) is 3.76. The van der Waals surface area contributed by atoms with E-state index in [1.807, 2.05) is 0 Å². The van der Waals surface area contributed by atoms with E-state index < -0.39 is 16.4 Å². The molecule has 1 aliphatic rings. The maximum atomic E-state index is 11.0. The number of carbonyl (C=O) groups is 1. The van der Waals surface area contributed by atoms with E-state index in [1.165, 1.54) is 0 Å². The van der Waals surface area contributed by atoms with Gasteiger partial charge in [-0.1, -0.05) is 0 Å². The van der Waals surface area contributed by atoms with Crippen LogP contribution in [0.1, 0.15) is 6.42 Å². The van der Waals surface area contributed by atoms with Gasteiger partial charge >= 0.3 is 0 Å². The van der Waals surface area contributed by atoms with Gasteiger partial charge in [-0.05, 0) is 6.42 Å². The molecule has 0 radical (unpaired) electrons. The first-order valence-electron chi connectivity index (χ1n) is 4.10. The lowest BCUT2D eigenvalue weighted by Gasteiger charge is -2.08. The Morgan fingerprint density at radius 2 is 2.23 bits per heavy atom. The van der Waals surface area contributed by atoms with Gasteiger partial charge in [0.15, 0.2) is 15.6 Å². The van der Waals surface area contributed by atoms with E-state index in [0.29, 0.717) is 6.42 Å². The van der Waals surface area contributed by atoms with E-state index in [4.69, 9.17) is 5.11 Å². The van der Waals surface area contributed by atoms with Crippen LogP contribution in [-0.2, 0) is 14.6 Å². The lowest BCUT2D eigenvalue weighted by molar-refractivity contribution is -0.121. The predicted octanol–water partition coefficient (Wildman–Crippen LogP) is -1.68. The van der Waals surface area contributed by atoms with Gasteiger partial charge in [-0.15, -0.1) is 0 Å². The molecule has 6 heteroatoms. The molecule has 0 aliphatic carbocycles. The highest BCUT2D eigenvalue weighted by Gasteiger charge is 2.27. The van der Waals surface area contributed by atoms with Crippen molar-refractivity contribution in [3.63, 3.8) is 0 Å². The van der Waals surface area contributed by atoms with Gasteiger partial charge in [0.25, 0.3) is 0 Å². The first kappa shape index (κ1) is 10.6. The summed E-state index contributed by atoms with van der Waals surface area (Å²) in [6, 6.07) is -0.125.